The molecule has 3 rings (SSSR count). The zero-order valence-corrected chi connectivity index (χ0v) is 15.0. The van der Waals surface area contributed by atoms with Gasteiger partial charge in [-0.15, -0.1) is 0 Å². The average Bonchev–Trinajstić information content (AvgIpc) is 2.58. The first-order chi connectivity index (χ1) is 12.0. The number of carbonyl (C=O) groups is 2. The Balaban J connectivity index is 1.45. The van der Waals surface area contributed by atoms with Crippen LogP contribution in [0.15, 0.2) is 18.2 Å². The van der Waals surface area contributed by atoms with E-state index in [-0.39, 0.29) is 17.4 Å². The predicted octanol–water partition coefficient (Wildman–Crippen LogP) is 2.37. The van der Waals surface area contributed by atoms with Crippen molar-refractivity contribution in [1.29, 1.82) is 0 Å². The molecule has 0 radical (unpaired) electrons. The quantitative estimate of drug-likeness (QED) is 0.831. The zero-order valence-electron chi connectivity index (χ0n) is 15.0. The van der Waals surface area contributed by atoms with E-state index in [1.54, 1.807) is 0 Å². The van der Waals surface area contributed by atoms with Crippen LogP contribution in [-0.4, -0.2) is 48.6 Å². The van der Waals surface area contributed by atoms with Gasteiger partial charge in [0.2, 0.25) is 11.8 Å². The van der Waals surface area contributed by atoms with E-state index in [0.717, 1.165) is 23.4 Å². The molecule has 2 amide bonds. The number of hydrogen-bond donors (Lipinski definition) is 1. The van der Waals surface area contributed by atoms with E-state index in [1.807, 2.05) is 36.9 Å². The third kappa shape index (κ3) is 4.31. The van der Waals surface area contributed by atoms with Crippen LogP contribution in [0.2, 0.25) is 0 Å². The summed E-state index contributed by atoms with van der Waals surface area (Å²) >= 11 is 0. The van der Waals surface area contributed by atoms with Gasteiger partial charge in [-0.2, -0.15) is 0 Å². The largest absolute Gasteiger partial charge is 0.494 e. The topological polar surface area (TPSA) is 67.9 Å². The Kier molecular flexibility index (Phi) is 5.27. The molecule has 2 aliphatic rings. The molecule has 0 saturated carbocycles. The molecule has 0 bridgehead atoms. The second kappa shape index (κ2) is 7.44. The predicted molar refractivity (Wildman–Crippen MR) is 94.7 cm³/mol. The maximum atomic E-state index is 12.4. The highest BCUT2D eigenvalue weighted by molar-refractivity contribution is 5.94. The molecule has 0 aromatic heterocycles. The van der Waals surface area contributed by atoms with Crippen molar-refractivity contribution in [3.8, 4) is 5.75 Å². The summed E-state index contributed by atoms with van der Waals surface area (Å²) in [6.07, 6.45) is 2.41. The Morgan fingerprint density at radius 1 is 1.36 bits per heavy atom. The Morgan fingerprint density at radius 2 is 2.20 bits per heavy atom. The van der Waals surface area contributed by atoms with Crippen LogP contribution >= 0.6 is 0 Å². The van der Waals surface area contributed by atoms with Gasteiger partial charge in [-0.25, -0.2) is 0 Å². The van der Waals surface area contributed by atoms with Crippen LogP contribution in [0.25, 0.3) is 0 Å². The molecule has 1 aromatic rings. The van der Waals surface area contributed by atoms with Gasteiger partial charge in [-0.1, -0.05) is 0 Å². The molecule has 2 heterocycles. The minimum absolute atomic E-state index is 0.0608. The third-order valence-electron chi connectivity index (χ3n) is 4.72. The number of amides is 2. The molecule has 1 saturated heterocycles. The van der Waals surface area contributed by atoms with E-state index in [9.17, 15) is 9.59 Å². The normalized spacial score (nSPS) is 19.1. The number of rotatable bonds is 5. The van der Waals surface area contributed by atoms with E-state index in [4.69, 9.17) is 9.47 Å². The van der Waals surface area contributed by atoms with Crippen LogP contribution in [0.1, 0.15) is 38.7 Å². The molecule has 136 valence electrons. The van der Waals surface area contributed by atoms with Crippen LogP contribution in [0.3, 0.4) is 0 Å². The van der Waals surface area contributed by atoms with Gasteiger partial charge in [-0.3, -0.25) is 9.59 Å². The SMILES string of the molecule is CC1(C)COCCN1C(=O)CCCOc1ccc2c(c1)CCC(=O)N2. The summed E-state index contributed by atoms with van der Waals surface area (Å²) in [5.41, 5.74) is 1.73. The lowest BCUT2D eigenvalue weighted by atomic mass is 10.0. The van der Waals surface area contributed by atoms with Crippen LogP contribution < -0.4 is 10.1 Å². The van der Waals surface area contributed by atoms with Crippen LogP contribution in [0.4, 0.5) is 5.69 Å². The fourth-order valence-corrected chi connectivity index (χ4v) is 3.32. The minimum atomic E-state index is -0.237. The second-order valence-electron chi connectivity index (χ2n) is 7.23. The zero-order chi connectivity index (χ0) is 17.9. The van der Waals surface area contributed by atoms with E-state index in [1.165, 1.54) is 0 Å². The van der Waals surface area contributed by atoms with E-state index in [0.29, 0.717) is 45.6 Å². The van der Waals surface area contributed by atoms with E-state index >= 15 is 0 Å². The number of ether oxygens (including phenoxy) is 2. The van der Waals surface area contributed by atoms with Gasteiger partial charge < -0.3 is 19.7 Å². The van der Waals surface area contributed by atoms with Crippen molar-refractivity contribution in [2.45, 2.75) is 45.1 Å². The molecule has 25 heavy (non-hydrogen) atoms. The molecular weight excluding hydrogens is 320 g/mol. The van der Waals surface area contributed by atoms with Gasteiger partial charge >= 0.3 is 0 Å². The molecule has 6 heteroatoms. The molecule has 6 nitrogen and oxygen atoms in total. The van der Waals surface area contributed by atoms with Crippen LogP contribution in [0.5, 0.6) is 5.75 Å². The highest BCUT2D eigenvalue weighted by Crippen LogP contribution is 2.27. The first-order valence-electron chi connectivity index (χ1n) is 8.89. The number of aryl methyl sites for hydroxylation is 1. The standard InChI is InChI=1S/C19H26N2O4/c1-19(2)13-24-11-9-21(19)18(23)4-3-10-25-15-6-7-16-14(12-15)5-8-17(22)20-16/h6-7,12H,3-5,8-11,13H2,1-2H3,(H,20,22). The fourth-order valence-electron chi connectivity index (χ4n) is 3.32. The summed E-state index contributed by atoms with van der Waals surface area (Å²) in [5, 5.41) is 2.86. The van der Waals surface area contributed by atoms with Crippen LogP contribution in [0, 0.1) is 0 Å². The maximum Gasteiger partial charge on any atom is 0.224 e. The van der Waals surface area contributed by atoms with Crippen molar-refractivity contribution in [2.24, 2.45) is 0 Å². The molecule has 0 atom stereocenters. The van der Waals surface area contributed by atoms with E-state index in [2.05, 4.69) is 5.32 Å². The van der Waals surface area contributed by atoms with E-state index < -0.39 is 0 Å². The summed E-state index contributed by atoms with van der Waals surface area (Å²) in [7, 11) is 0. The van der Waals surface area contributed by atoms with Crippen molar-refractivity contribution in [3.05, 3.63) is 23.8 Å². The number of fused-ring (bicyclic) bond motifs is 1. The van der Waals surface area contributed by atoms with Crippen molar-refractivity contribution in [3.63, 3.8) is 0 Å². The Morgan fingerprint density at radius 3 is 3.00 bits per heavy atom. The highest BCUT2D eigenvalue weighted by Gasteiger charge is 2.33. The van der Waals surface area contributed by atoms with Crippen molar-refractivity contribution in [2.75, 3.05) is 31.7 Å². The molecule has 0 spiro atoms. The molecule has 0 aliphatic carbocycles. The van der Waals surface area contributed by atoms with Gasteiger partial charge in [0.15, 0.2) is 0 Å². The summed E-state index contributed by atoms with van der Waals surface area (Å²) < 4.78 is 11.2. The number of nitrogens with one attached hydrogen (secondary N) is 1. The number of morpholine rings is 1. The molecule has 0 unspecified atom stereocenters. The summed E-state index contributed by atoms with van der Waals surface area (Å²) in [5.74, 6) is 1.00. The Labute approximate surface area is 148 Å². The maximum absolute atomic E-state index is 12.4. The summed E-state index contributed by atoms with van der Waals surface area (Å²) in [6.45, 7) is 6.42. The van der Waals surface area contributed by atoms with Crippen molar-refractivity contribution >= 4 is 17.5 Å². The average molecular weight is 346 g/mol. The number of nitrogens with zero attached hydrogens (tertiary/aromatic N) is 1. The number of anilines is 1. The fraction of sp³-hybridized carbons (Fsp3) is 0.579. The molecule has 1 aromatic carbocycles. The van der Waals surface area contributed by atoms with Gasteiger partial charge in [0.1, 0.15) is 5.75 Å². The Hall–Kier alpha value is -2.08. The van der Waals surface area contributed by atoms with Crippen molar-refractivity contribution < 1.29 is 19.1 Å². The summed E-state index contributed by atoms with van der Waals surface area (Å²) in [4.78, 5) is 25.7. The number of carbonyl (C=O) groups excluding carboxylic acids is 2. The molecule has 1 N–H and O–H groups in total. The van der Waals surface area contributed by atoms with Crippen LogP contribution in [-0.2, 0) is 20.7 Å². The lowest BCUT2D eigenvalue weighted by Crippen LogP contribution is -2.55. The highest BCUT2D eigenvalue weighted by atomic mass is 16.5. The lowest BCUT2D eigenvalue weighted by molar-refractivity contribution is -0.146. The number of benzene rings is 1. The smallest absolute Gasteiger partial charge is 0.224 e. The second-order valence-corrected chi connectivity index (χ2v) is 7.23. The van der Waals surface area contributed by atoms with Crippen molar-refractivity contribution in [1.82, 2.24) is 4.90 Å². The van der Waals surface area contributed by atoms with Gasteiger partial charge in [0.25, 0.3) is 0 Å². The van der Waals surface area contributed by atoms with Gasteiger partial charge in [0.05, 0.1) is 25.4 Å². The molecule has 1 fully saturated rings. The molecule has 2 aliphatic heterocycles. The lowest BCUT2D eigenvalue weighted by Gasteiger charge is -2.42. The number of hydrogen-bond acceptors (Lipinski definition) is 4. The molecular formula is C19H26N2O4. The Bertz CT molecular complexity index is 657. The summed E-state index contributed by atoms with van der Waals surface area (Å²) in [6, 6.07) is 5.71. The van der Waals surface area contributed by atoms with Gasteiger partial charge in [0, 0.05) is 25.1 Å². The first kappa shape index (κ1) is 17.7. The third-order valence-corrected chi connectivity index (χ3v) is 4.72. The van der Waals surface area contributed by atoms with Gasteiger partial charge in [-0.05, 0) is 50.5 Å². The minimum Gasteiger partial charge on any atom is -0.494 e. The first-order valence-corrected chi connectivity index (χ1v) is 8.89. The monoisotopic (exact) mass is 346 g/mol.